The summed E-state index contributed by atoms with van der Waals surface area (Å²) >= 11 is 0. The van der Waals surface area contributed by atoms with Gasteiger partial charge in [0, 0.05) is 24.3 Å². The lowest BCUT2D eigenvalue weighted by molar-refractivity contribution is 0.691. The van der Waals surface area contributed by atoms with Crippen molar-refractivity contribution in [3.63, 3.8) is 0 Å². The topological polar surface area (TPSA) is 29.3 Å². The van der Waals surface area contributed by atoms with E-state index in [0.29, 0.717) is 6.54 Å². The second-order valence-corrected chi connectivity index (χ2v) is 5.32. The van der Waals surface area contributed by atoms with E-state index in [0.717, 1.165) is 18.7 Å². The summed E-state index contributed by atoms with van der Waals surface area (Å²) in [6.45, 7) is 2.42. The highest BCUT2D eigenvalue weighted by Crippen LogP contribution is 2.28. The molecule has 0 bridgehead atoms. The standard InChI is InChI=1S/C19H20N2/c20-13-5-10-16-7-1-2-9-18(16)15-21-14-6-11-17-8-3-4-12-19(17)21/h1-4,7-9,12H,6,11,13-15,20H2. The number of rotatable bonds is 2. The van der Waals surface area contributed by atoms with E-state index in [1.54, 1.807) is 0 Å². The summed E-state index contributed by atoms with van der Waals surface area (Å²) in [6.07, 6.45) is 2.40. The lowest BCUT2D eigenvalue weighted by Gasteiger charge is -2.31. The first-order chi connectivity index (χ1) is 10.4. The third-order valence-corrected chi connectivity index (χ3v) is 3.91. The zero-order valence-electron chi connectivity index (χ0n) is 12.2. The fraction of sp³-hybridized carbons (Fsp3) is 0.263. The minimum Gasteiger partial charge on any atom is -0.367 e. The van der Waals surface area contributed by atoms with Crippen molar-refractivity contribution < 1.29 is 0 Å². The van der Waals surface area contributed by atoms with Crippen molar-refractivity contribution in [2.75, 3.05) is 18.0 Å². The first-order valence-corrected chi connectivity index (χ1v) is 7.48. The quantitative estimate of drug-likeness (QED) is 0.855. The van der Waals surface area contributed by atoms with Crippen LogP contribution in [0.4, 0.5) is 5.69 Å². The van der Waals surface area contributed by atoms with Crippen LogP contribution in [0.2, 0.25) is 0 Å². The van der Waals surface area contributed by atoms with Gasteiger partial charge in [-0.2, -0.15) is 0 Å². The van der Waals surface area contributed by atoms with E-state index in [9.17, 15) is 0 Å². The summed E-state index contributed by atoms with van der Waals surface area (Å²) in [5, 5.41) is 0. The predicted molar refractivity (Wildman–Crippen MR) is 88.2 cm³/mol. The Morgan fingerprint density at radius 3 is 2.76 bits per heavy atom. The number of benzene rings is 2. The SMILES string of the molecule is NCC#Cc1ccccc1CN1CCCc2ccccc21. The second kappa shape index (κ2) is 6.47. The van der Waals surface area contributed by atoms with E-state index in [1.807, 2.05) is 6.07 Å². The van der Waals surface area contributed by atoms with E-state index >= 15 is 0 Å². The van der Waals surface area contributed by atoms with Crippen LogP contribution in [-0.2, 0) is 13.0 Å². The molecule has 0 radical (unpaired) electrons. The molecule has 1 aliphatic heterocycles. The summed E-state index contributed by atoms with van der Waals surface area (Å²) in [4.78, 5) is 2.46. The van der Waals surface area contributed by atoms with Gasteiger partial charge in [0.25, 0.3) is 0 Å². The Labute approximate surface area is 126 Å². The molecule has 0 spiro atoms. The highest BCUT2D eigenvalue weighted by atomic mass is 15.1. The van der Waals surface area contributed by atoms with Crippen LogP contribution in [0.5, 0.6) is 0 Å². The Hall–Kier alpha value is -2.24. The molecule has 2 aromatic carbocycles. The molecule has 3 rings (SSSR count). The molecule has 106 valence electrons. The zero-order chi connectivity index (χ0) is 14.5. The molecule has 2 nitrogen and oxygen atoms in total. The van der Waals surface area contributed by atoms with Crippen molar-refractivity contribution in [1.29, 1.82) is 0 Å². The van der Waals surface area contributed by atoms with Gasteiger partial charge in [-0.1, -0.05) is 48.2 Å². The number of aryl methyl sites for hydroxylation is 1. The average molecular weight is 276 g/mol. The Morgan fingerprint density at radius 1 is 1.05 bits per heavy atom. The van der Waals surface area contributed by atoms with Crippen molar-refractivity contribution in [2.24, 2.45) is 5.73 Å². The highest BCUT2D eigenvalue weighted by Gasteiger charge is 2.16. The molecular weight excluding hydrogens is 256 g/mol. The van der Waals surface area contributed by atoms with E-state index in [-0.39, 0.29) is 0 Å². The summed E-state index contributed by atoms with van der Waals surface area (Å²) in [5.74, 6) is 6.15. The molecule has 2 heteroatoms. The predicted octanol–water partition coefficient (Wildman–Crippen LogP) is 2.95. The van der Waals surface area contributed by atoms with Crippen LogP contribution in [0.1, 0.15) is 23.1 Å². The van der Waals surface area contributed by atoms with Crippen LogP contribution < -0.4 is 10.6 Å². The second-order valence-electron chi connectivity index (χ2n) is 5.32. The van der Waals surface area contributed by atoms with Crippen LogP contribution in [0.3, 0.4) is 0 Å². The number of hydrogen-bond acceptors (Lipinski definition) is 2. The lowest BCUT2D eigenvalue weighted by Crippen LogP contribution is -2.29. The van der Waals surface area contributed by atoms with Gasteiger partial charge in [-0.05, 0) is 36.1 Å². The van der Waals surface area contributed by atoms with Gasteiger partial charge in [0.15, 0.2) is 0 Å². The molecule has 0 aromatic heterocycles. The fourth-order valence-corrected chi connectivity index (χ4v) is 2.91. The molecular formula is C19H20N2. The Bertz CT molecular complexity index is 679. The van der Waals surface area contributed by atoms with Gasteiger partial charge in [0.1, 0.15) is 0 Å². The van der Waals surface area contributed by atoms with E-state index in [2.05, 4.69) is 59.2 Å². The first-order valence-electron chi connectivity index (χ1n) is 7.48. The number of anilines is 1. The van der Waals surface area contributed by atoms with Crippen molar-refractivity contribution in [1.82, 2.24) is 0 Å². The van der Waals surface area contributed by atoms with Crippen LogP contribution in [-0.4, -0.2) is 13.1 Å². The Balaban J connectivity index is 1.88. The van der Waals surface area contributed by atoms with Crippen molar-refractivity contribution in [2.45, 2.75) is 19.4 Å². The maximum Gasteiger partial charge on any atom is 0.0555 e. The van der Waals surface area contributed by atoms with Gasteiger partial charge in [-0.15, -0.1) is 0 Å². The molecule has 2 N–H and O–H groups in total. The molecule has 0 saturated heterocycles. The molecule has 0 aliphatic carbocycles. The van der Waals surface area contributed by atoms with Gasteiger partial charge in [-0.25, -0.2) is 0 Å². The van der Waals surface area contributed by atoms with Gasteiger partial charge >= 0.3 is 0 Å². The molecule has 1 aliphatic rings. The molecule has 0 amide bonds. The molecule has 2 aromatic rings. The summed E-state index contributed by atoms with van der Waals surface area (Å²) in [6, 6.07) is 17.1. The summed E-state index contributed by atoms with van der Waals surface area (Å²) < 4.78 is 0. The van der Waals surface area contributed by atoms with Gasteiger partial charge in [0.05, 0.1) is 6.54 Å². The first kappa shape index (κ1) is 13.7. The van der Waals surface area contributed by atoms with Crippen molar-refractivity contribution in [3.8, 4) is 11.8 Å². The third-order valence-electron chi connectivity index (χ3n) is 3.91. The van der Waals surface area contributed by atoms with E-state index < -0.39 is 0 Å². The van der Waals surface area contributed by atoms with Gasteiger partial charge in [0.2, 0.25) is 0 Å². The van der Waals surface area contributed by atoms with Gasteiger partial charge in [-0.3, -0.25) is 0 Å². The largest absolute Gasteiger partial charge is 0.367 e. The maximum atomic E-state index is 5.49. The molecule has 0 saturated carbocycles. The van der Waals surface area contributed by atoms with E-state index in [4.69, 9.17) is 5.73 Å². The molecule has 1 heterocycles. The minimum atomic E-state index is 0.404. The minimum absolute atomic E-state index is 0.404. The van der Waals surface area contributed by atoms with Crippen molar-refractivity contribution in [3.05, 3.63) is 65.2 Å². The normalized spacial score (nSPS) is 13.3. The van der Waals surface area contributed by atoms with Crippen LogP contribution in [0, 0.1) is 11.8 Å². The van der Waals surface area contributed by atoms with Crippen molar-refractivity contribution >= 4 is 5.69 Å². The number of fused-ring (bicyclic) bond motifs is 1. The number of para-hydroxylation sites is 1. The van der Waals surface area contributed by atoms with Crippen LogP contribution in [0.15, 0.2) is 48.5 Å². The summed E-state index contributed by atoms with van der Waals surface area (Å²) in [7, 11) is 0. The molecule has 0 fully saturated rings. The fourth-order valence-electron chi connectivity index (χ4n) is 2.91. The third kappa shape index (κ3) is 3.09. The monoisotopic (exact) mass is 276 g/mol. The van der Waals surface area contributed by atoms with Gasteiger partial charge < -0.3 is 10.6 Å². The Morgan fingerprint density at radius 2 is 1.86 bits per heavy atom. The number of nitrogens with zero attached hydrogens (tertiary/aromatic N) is 1. The zero-order valence-corrected chi connectivity index (χ0v) is 12.2. The molecule has 0 unspecified atom stereocenters. The van der Waals surface area contributed by atoms with Crippen LogP contribution in [0.25, 0.3) is 0 Å². The number of nitrogens with two attached hydrogens (primary N) is 1. The molecule has 21 heavy (non-hydrogen) atoms. The Kier molecular flexibility index (Phi) is 4.23. The number of hydrogen-bond donors (Lipinski definition) is 1. The maximum absolute atomic E-state index is 5.49. The average Bonchev–Trinajstić information content (AvgIpc) is 2.54. The summed E-state index contributed by atoms with van der Waals surface area (Å²) in [5.41, 5.74) is 10.7. The molecule has 0 atom stereocenters. The van der Waals surface area contributed by atoms with E-state index in [1.165, 1.54) is 29.7 Å². The lowest BCUT2D eigenvalue weighted by atomic mass is 10.00. The smallest absolute Gasteiger partial charge is 0.0555 e. The highest BCUT2D eigenvalue weighted by molar-refractivity contribution is 5.56. The van der Waals surface area contributed by atoms with Crippen LogP contribution >= 0.6 is 0 Å².